The highest BCUT2D eigenvalue weighted by Crippen LogP contribution is 2.42. The lowest BCUT2D eigenvalue weighted by Crippen LogP contribution is -2.44. The van der Waals surface area contributed by atoms with Crippen LogP contribution in [0.15, 0.2) is 42.5 Å². The normalized spacial score (nSPS) is 15.8. The summed E-state index contributed by atoms with van der Waals surface area (Å²) in [7, 11) is 0. The minimum absolute atomic E-state index is 0.00445. The molecule has 7 heteroatoms. The van der Waals surface area contributed by atoms with Crippen molar-refractivity contribution in [3.8, 4) is 0 Å². The monoisotopic (exact) mass is 490 g/mol. The Balaban J connectivity index is 1.56. The number of benzene rings is 2. The van der Waals surface area contributed by atoms with E-state index in [-0.39, 0.29) is 35.4 Å². The third-order valence-electron chi connectivity index (χ3n) is 6.43. The van der Waals surface area contributed by atoms with Crippen molar-refractivity contribution >= 4 is 40.7 Å². The molecule has 3 rings (SSSR count). The summed E-state index contributed by atoms with van der Waals surface area (Å²) < 4.78 is 0. The van der Waals surface area contributed by atoms with Gasteiger partial charge in [0.15, 0.2) is 0 Å². The maximum absolute atomic E-state index is 13.1. The average Bonchev–Trinajstić information content (AvgIpc) is 3.25. The van der Waals surface area contributed by atoms with Crippen LogP contribution < -0.4 is 10.6 Å². The maximum Gasteiger partial charge on any atom is 0.258 e. The molecule has 1 unspecified atom stereocenters. The highest BCUT2D eigenvalue weighted by atomic mass is 35.5. The number of aliphatic hydroxyl groups is 1. The fourth-order valence-corrected chi connectivity index (χ4v) is 5.20. The molecule has 0 radical (unpaired) electrons. The van der Waals surface area contributed by atoms with Crippen molar-refractivity contribution in [1.29, 1.82) is 0 Å². The Morgan fingerprint density at radius 3 is 2.27 bits per heavy atom. The van der Waals surface area contributed by atoms with Crippen LogP contribution in [0.5, 0.6) is 0 Å². The fourth-order valence-electron chi connectivity index (χ4n) is 4.63. The second kappa shape index (κ2) is 11.9. The van der Waals surface area contributed by atoms with Gasteiger partial charge in [-0.15, -0.1) is 0 Å². The molecule has 0 spiro atoms. The third kappa shape index (κ3) is 6.72. The van der Waals surface area contributed by atoms with Gasteiger partial charge in [-0.05, 0) is 68.9 Å². The van der Waals surface area contributed by atoms with Crippen molar-refractivity contribution in [1.82, 2.24) is 5.32 Å². The summed E-state index contributed by atoms with van der Waals surface area (Å²) in [6.07, 6.45) is 7.21. The summed E-state index contributed by atoms with van der Waals surface area (Å²) in [5, 5.41) is 15.7. The Morgan fingerprint density at radius 1 is 1.03 bits per heavy atom. The molecule has 5 nitrogen and oxygen atoms in total. The van der Waals surface area contributed by atoms with Gasteiger partial charge in [0.05, 0.1) is 15.6 Å². The molecule has 0 aromatic heterocycles. The standard InChI is InChI=1S/C26H32Cl2N2O3/c1-18(29-25(33)26(13-2-3-14-26)15-4-5-16-31)17-19-9-11-20(12-10-19)30-24(32)23-21(27)7-6-8-22(23)28/h6-12,18,31H,2-5,13-17H2,1H3,(H,29,33)(H,30,32). The lowest BCUT2D eigenvalue weighted by Gasteiger charge is -2.29. The number of carbonyl (C=O) groups is 2. The third-order valence-corrected chi connectivity index (χ3v) is 7.06. The molecule has 0 heterocycles. The van der Waals surface area contributed by atoms with Gasteiger partial charge < -0.3 is 15.7 Å². The second-order valence-electron chi connectivity index (χ2n) is 8.99. The molecular formula is C26H32Cl2N2O3. The largest absolute Gasteiger partial charge is 0.396 e. The van der Waals surface area contributed by atoms with Gasteiger partial charge in [0.2, 0.25) is 5.91 Å². The van der Waals surface area contributed by atoms with Crippen LogP contribution in [0, 0.1) is 5.41 Å². The highest BCUT2D eigenvalue weighted by molar-refractivity contribution is 6.40. The van der Waals surface area contributed by atoms with E-state index in [9.17, 15) is 9.59 Å². The first-order chi connectivity index (χ1) is 15.8. The second-order valence-corrected chi connectivity index (χ2v) is 9.81. The number of aliphatic hydroxyl groups excluding tert-OH is 1. The number of nitrogens with one attached hydrogen (secondary N) is 2. The van der Waals surface area contributed by atoms with Crippen molar-refractivity contribution in [2.24, 2.45) is 5.41 Å². The first-order valence-corrected chi connectivity index (χ1v) is 12.4. The molecule has 2 aromatic rings. The topological polar surface area (TPSA) is 78.4 Å². The van der Waals surface area contributed by atoms with Gasteiger partial charge in [-0.1, -0.05) is 60.7 Å². The number of amides is 2. The van der Waals surface area contributed by atoms with Gasteiger partial charge in [0, 0.05) is 23.8 Å². The zero-order valence-electron chi connectivity index (χ0n) is 19.0. The van der Waals surface area contributed by atoms with Gasteiger partial charge in [-0.2, -0.15) is 0 Å². The van der Waals surface area contributed by atoms with Crippen LogP contribution in [-0.2, 0) is 11.2 Å². The van der Waals surface area contributed by atoms with Gasteiger partial charge in [-0.25, -0.2) is 0 Å². The van der Waals surface area contributed by atoms with Crippen LogP contribution in [0.4, 0.5) is 5.69 Å². The molecule has 2 aromatic carbocycles. The fraction of sp³-hybridized carbons (Fsp3) is 0.462. The number of hydrogen-bond acceptors (Lipinski definition) is 3. The summed E-state index contributed by atoms with van der Waals surface area (Å²) in [6.45, 7) is 2.19. The van der Waals surface area contributed by atoms with Gasteiger partial charge in [0.25, 0.3) is 5.91 Å². The van der Waals surface area contributed by atoms with E-state index in [0.29, 0.717) is 22.2 Å². The molecule has 0 aliphatic heterocycles. The molecule has 1 aliphatic rings. The predicted octanol–water partition coefficient (Wildman–Crippen LogP) is 6.02. The molecule has 1 atom stereocenters. The number of hydrogen-bond donors (Lipinski definition) is 3. The van der Waals surface area contributed by atoms with Crippen LogP contribution in [0.25, 0.3) is 0 Å². The zero-order valence-corrected chi connectivity index (χ0v) is 20.5. The Morgan fingerprint density at radius 2 is 1.67 bits per heavy atom. The van der Waals surface area contributed by atoms with E-state index in [1.807, 2.05) is 31.2 Å². The van der Waals surface area contributed by atoms with Crippen molar-refractivity contribution in [3.63, 3.8) is 0 Å². The number of anilines is 1. The minimum Gasteiger partial charge on any atom is -0.396 e. The van der Waals surface area contributed by atoms with Crippen LogP contribution in [0.1, 0.15) is 67.8 Å². The van der Waals surface area contributed by atoms with Gasteiger partial charge in [-0.3, -0.25) is 9.59 Å². The van der Waals surface area contributed by atoms with E-state index in [4.69, 9.17) is 28.3 Å². The van der Waals surface area contributed by atoms with Crippen LogP contribution in [0.3, 0.4) is 0 Å². The summed E-state index contributed by atoms with van der Waals surface area (Å²) in [5.74, 6) is -0.215. The molecule has 0 bridgehead atoms. The van der Waals surface area contributed by atoms with Crippen molar-refractivity contribution < 1.29 is 14.7 Å². The van der Waals surface area contributed by atoms with E-state index in [1.165, 1.54) is 0 Å². The number of rotatable bonds is 10. The summed E-state index contributed by atoms with van der Waals surface area (Å²) >= 11 is 12.2. The number of carbonyl (C=O) groups excluding carboxylic acids is 2. The summed E-state index contributed by atoms with van der Waals surface area (Å²) in [4.78, 5) is 25.6. The van der Waals surface area contributed by atoms with E-state index in [0.717, 1.165) is 50.5 Å². The Bertz CT molecular complexity index is 936. The molecule has 2 amide bonds. The highest BCUT2D eigenvalue weighted by Gasteiger charge is 2.40. The molecule has 1 fully saturated rings. The van der Waals surface area contributed by atoms with E-state index >= 15 is 0 Å². The predicted molar refractivity (Wildman–Crippen MR) is 134 cm³/mol. The van der Waals surface area contributed by atoms with Crippen molar-refractivity contribution in [3.05, 3.63) is 63.6 Å². The molecular weight excluding hydrogens is 459 g/mol. The van der Waals surface area contributed by atoms with Gasteiger partial charge in [0.1, 0.15) is 0 Å². The average molecular weight is 491 g/mol. The molecule has 1 aliphatic carbocycles. The maximum atomic E-state index is 13.1. The van der Waals surface area contributed by atoms with Gasteiger partial charge >= 0.3 is 0 Å². The van der Waals surface area contributed by atoms with E-state index in [2.05, 4.69) is 10.6 Å². The quantitative estimate of drug-likeness (QED) is 0.356. The lowest BCUT2D eigenvalue weighted by molar-refractivity contribution is -0.132. The van der Waals surface area contributed by atoms with Crippen LogP contribution >= 0.6 is 23.2 Å². The molecule has 33 heavy (non-hydrogen) atoms. The lowest BCUT2D eigenvalue weighted by atomic mass is 9.80. The zero-order chi connectivity index (χ0) is 23.8. The number of halogens is 2. The Kier molecular flexibility index (Phi) is 9.19. The molecule has 3 N–H and O–H groups in total. The molecule has 0 saturated heterocycles. The first-order valence-electron chi connectivity index (χ1n) is 11.6. The van der Waals surface area contributed by atoms with Crippen molar-refractivity contribution in [2.75, 3.05) is 11.9 Å². The van der Waals surface area contributed by atoms with E-state index < -0.39 is 0 Å². The minimum atomic E-state index is -0.359. The Hall–Kier alpha value is -2.08. The molecule has 178 valence electrons. The van der Waals surface area contributed by atoms with Crippen LogP contribution in [0.2, 0.25) is 10.0 Å². The molecule has 1 saturated carbocycles. The van der Waals surface area contributed by atoms with Crippen molar-refractivity contribution in [2.45, 2.75) is 64.3 Å². The van der Waals surface area contributed by atoms with E-state index in [1.54, 1.807) is 18.2 Å². The SMILES string of the molecule is CC(Cc1ccc(NC(=O)c2c(Cl)cccc2Cl)cc1)NC(=O)C1(CCCCO)CCCC1. The number of unbranched alkanes of at least 4 members (excludes halogenated alkanes) is 1. The van der Waals surface area contributed by atoms with Crippen LogP contribution in [-0.4, -0.2) is 29.6 Å². The Labute approximate surface area is 205 Å². The summed E-state index contributed by atoms with van der Waals surface area (Å²) in [5.41, 5.74) is 1.68. The summed E-state index contributed by atoms with van der Waals surface area (Å²) in [6, 6.07) is 12.5. The first kappa shape index (κ1) is 25.5. The smallest absolute Gasteiger partial charge is 0.258 e.